The normalized spacial score (nSPS) is 39.2. The molecule has 0 aromatic heterocycles. The number of carbonyl (C=O) groups is 1. The largest absolute Gasteiger partial charge is 0.377 e. The monoisotopic (exact) mass is 253 g/mol. The molecule has 0 amide bonds. The number of aldehydes is 1. The first-order valence-corrected chi connectivity index (χ1v) is 7.44. The first-order chi connectivity index (χ1) is 8.63. The van der Waals surface area contributed by atoms with Gasteiger partial charge in [0.1, 0.15) is 6.29 Å². The molecule has 0 aromatic rings. The van der Waals surface area contributed by atoms with Crippen LogP contribution in [-0.4, -0.2) is 43.5 Å². The topological polar surface area (TPSA) is 29.5 Å². The zero-order chi connectivity index (χ0) is 13.0. The van der Waals surface area contributed by atoms with E-state index in [0.717, 1.165) is 51.4 Å². The predicted octanol–water partition coefficient (Wildman–Crippen LogP) is 2.49. The third-order valence-electron chi connectivity index (χ3n) is 4.59. The molecule has 1 aliphatic heterocycles. The van der Waals surface area contributed by atoms with Crippen molar-refractivity contribution in [1.82, 2.24) is 4.90 Å². The maximum Gasteiger partial charge on any atom is 0.127 e. The van der Waals surface area contributed by atoms with E-state index >= 15 is 0 Å². The number of ether oxygens (including phenoxy) is 1. The highest BCUT2D eigenvalue weighted by molar-refractivity contribution is 5.60. The van der Waals surface area contributed by atoms with Crippen molar-refractivity contribution in [3.8, 4) is 0 Å². The average Bonchev–Trinajstić information content (AvgIpc) is 2.57. The van der Waals surface area contributed by atoms with Gasteiger partial charge in [0.2, 0.25) is 0 Å². The molecule has 1 unspecified atom stereocenters. The van der Waals surface area contributed by atoms with E-state index in [1.54, 1.807) is 0 Å². The molecule has 18 heavy (non-hydrogen) atoms. The van der Waals surface area contributed by atoms with Gasteiger partial charge in [0.15, 0.2) is 0 Å². The number of carbonyl (C=O) groups excluding carboxylic acids is 1. The Morgan fingerprint density at radius 2 is 2.06 bits per heavy atom. The molecule has 0 bridgehead atoms. The van der Waals surface area contributed by atoms with E-state index < -0.39 is 0 Å². The van der Waals surface area contributed by atoms with Crippen molar-refractivity contribution in [2.24, 2.45) is 11.3 Å². The number of nitrogens with zero attached hydrogens (tertiary/aromatic N) is 1. The fraction of sp³-hybridized carbons (Fsp3) is 0.933. The highest BCUT2D eigenvalue weighted by Crippen LogP contribution is 2.38. The van der Waals surface area contributed by atoms with Gasteiger partial charge in [-0.25, -0.2) is 0 Å². The summed E-state index contributed by atoms with van der Waals surface area (Å²) >= 11 is 0. The van der Waals surface area contributed by atoms with E-state index in [2.05, 4.69) is 18.7 Å². The molecule has 1 heterocycles. The molecule has 1 saturated heterocycles. The zero-order valence-corrected chi connectivity index (χ0v) is 11.9. The lowest BCUT2D eigenvalue weighted by Crippen LogP contribution is -2.43. The second-order valence-electron chi connectivity index (χ2n) is 6.43. The first-order valence-electron chi connectivity index (χ1n) is 7.44. The van der Waals surface area contributed by atoms with Crippen LogP contribution in [0.4, 0.5) is 0 Å². The van der Waals surface area contributed by atoms with Gasteiger partial charge in [-0.1, -0.05) is 6.92 Å². The van der Waals surface area contributed by atoms with Crippen LogP contribution in [0.2, 0.25) is 0 Å². The van der Waals surface area contributed by atoms with Crippen molar-refractivity contribution in [1.29, 1.82) is 0 Å². The van der Waals surface area contributed by atoms with Crippen molar-refractivity contribution >= 4 is 6.29 Å². The molecule has 1 saturated carbocycles. The zero-order valence-electron chi connectivity index (χ0n) is 11.9. The van der Waals surface area contributed by atoms with E-state index in [1.165, 1.54) is 19.1 Å². The smallest absolute Gasteiger partial charge is 0.127 e. The van der Waals surface area contributed by atoms with E-state index in [4.69, 9.17) is 4.74 Å². The molecule has 0 radical (unpaired) electrons. The Hall–Kier alpha value is -0.410. The SMILES string of the molecule is CC1CCC(C=O)(CN2CCCOC(C)C2)CC1. The molecule has 0 spiro atoms. The van der Waals surface area contributed by atoms with Gasteiger partial charge in [-0.2, -0.15) is 0 Å². The van der Waals surface area contributed by atoms with Crippen LogP contribution in [0.3, 0.4) is 0 Å². The van der Waals surface area contributed by atoms with Gasteiger partial charge < -0.3 is 9.53 Å². The van der Waals surface area contributed by atoms with Crippen LogP contribution < -0.4 is 0 Å². The summed E-state index contributed by atoms with van der Waals surface area (Å²) in [7, 11) is 0. The van der Waals surface area contributed by atoms with Gasteiger partial charge in [0, 0.05) is 31.7 Å². The van der Waals surface area contributed by atoms with E-state index in [-0.39, 0.29) is 5.41 Å². The summed E-state index contributed by atoms with van der Waals surface area (Å²) in [5.74, 6) is 0.796. The van der Waals surface area contributed by atoms with Gasteiger partial charge in [0.05, 0.1) is 6.10 Å². The van der Waals surface area contributed by atoms with Crippen molar-refractivity contribution in [2.45, 2.75) is 52.1 Å². The molecule has 2 fully saturated rings. The summed E-state index contributed by atoms with van der Waals surface area (Å²) in [5, 5.41) is 0. The summed E-state index contributed by atoms with van der Waals surface area (Å²) < 4.78 is 5.68. The first kappa shape index (κ1) is 14.0. The van der Waals surface area contributed by atoms with Gasteiger partial charge in [0.25, 0.3) is 0 Å². The summed E-state index contributed by atoms with van der Waals surface area (Å²) in [6, 6.07) is 0. The van der Waals surface area contributed by atoms with Crippen LogP contribution in [-0.2, 0) is 9.53 Å². The van der Waals surface area contributed by atoms with Gasteiger partial charge >= 0.3 is 0 Å². The van der Waals surface area contributed by atoms with Crippen LogP contribution in [0.15, 0.2) is 0 Å². The molecule has 3 heteroatoms. The maximum atomic E-state index is 11.6. The number of hydrogen-bond donors (Lipinski definition) is 0. The Morgan fingerprint density at radius 3 is 2.72 bits per heavy atom. The van der Waals surface area contributed by atoms with Crippen molar-refractivity contribution in [2.75, 3.05) is 26.2 Å². The van der Waals surface area contributed by atoms with Crippen molar-refractivity contribution in [3.63, 3.8) is 0 Å². The maximum absolute atomic E-state index is 11.6. The van der Waals surface area contributed by atoms with Crippen LogP contribution in [0.1, 0.15) is 46.0 Å². The third-order valence-corrected chi connectivity index (χ3v) is 4.59. The Balaban J connectivity index is 1.94. The minimum Gasteiger partial charge on any atom is -0.377 e. The number of hydrogen-bond acceptors (Lipinski definition) is 3. The minimum atomic E-state index is -0.0728. The summed E-state index contributed by atoms with van der Waals surface area (Å²) in [4.78, 5) is 14.0. The van der Waals surface area contributed by atoms with Crippen molar-refractivity contribution in [3.05, 3.63) is 0 Å². The minimum absolute atomic E-state index is 0.0728. The molecule has 0 aromatic carbocycles. The lowest BCUT2D eigenvalue weighted by atomic mass is 9.71. The van der Waals surface area contributed by atoms with Gasteiger partial charge in [-0.15, -0.1) is 0 Å². The molecule has 2 rings (SSSR count). The Kier molecular flexibility index (Phi) is 4.79. The Bertz CT molecular complexity index is 272. The summed E-state index contributed by atoms with van der Waals surface area (Å²) in [6.45, 7) is 8.30. The average molecular weight is 253 g/mol. The fourth-order valence-corrected chi connectivity index (χ4v) is 3.32. The molecule has 1 atom stereocenters. The fourth-order valence-electron chi connectivity index (χ4n) is 3.32. The molecule has 104 valence electrons. The molecule has 3 nitrogen and oxygen atoms in total. The molecule has 0 N–H and O–H groups in total. The Labute approximate surface area is 111 Å². The van der Waals surface area contributed by atoms with Crippen LogP contribution in [0.25, 0.3) is 0 Å². The highest BCUT2D eigenvalue weighted by Gasteiger charge is 2.36. The molecule has 1 aliphatic carbocycles. The molecular formula is C15H27NO2. The van der Waals surface area contributed by atoms with Crippen LogP contribution in [0.5, 0.6) is 0 Å². The predicted molar refractivity (Wildman–Crippen MR) is 72.6 cm³/mol. The lowest BCUT2D eigenvalue weighted by Gasteiger charge is -2.38. The van der Waals surface area contributed by atoms with E-state index in [1.807, 2.05) is 0 Å². The van der Waals surface area contributed by atoms with E-state index in [9.17, 15) is 4.79 Å². The van der Waals surface area contributed by atoms with Gasteiger partial charge in [-0.05, 0) is 44.9 Å². The molecule has 2 aliphatic rings. The summed E-state index contributed by atoms with van der Waals surface area (Å²) in [6.07, 6.45) is 7.20. The molecular weight excluding hydrogens is 226 g/mol. The highest BCUT2D eigenvalue weighted by atomic mass is 16.5. The Morgan fingerprint density at radius 1 is 1.33 bits per heavy atom. The van der Waals surface area contributed by atoms with Crippen LogP contribution in [0, 0.1) is 11.3 Å². The standard InChI is InChI=1S/C15H27NO2/c1-13-4-6-15(12-17,7-5-13)11-16-8-3-9-18-14(2)10-16/h12-14H,3-11H2,1-2H3. The quantitative estimate of drug-likeness (QED) is 0.724. The number of rotatable bonds is 3. The van der Waals surface area contributed by atoms with Gasteiger partial charge in [-0.3, -0.25) is 4.90 Å². The van der Waals surface area contributed by atoms with E-state index in [0.29, 0.717) is 6.10 Å². The third kappa shape index (κ3) is 3.55. The van der Waals surface area contributed by atoms with Crippen molar-refractivity contribution < 1.29 is 9.53 Å². The second kappa shape index (κ2) is 6.16. The summed E-state index contributed by atoms with van der Waals surface area (Å²) in [5.41, 5.74) is -0.0728. The lowest BCUT2D eigenvalue weighted by molar-refractivity contribution is -0.119. The second-order valence-corrected chi connectivity index (χ2v) is 6.43. The van der Waals surface area contributed by atoms with Crippen LogP contribution >= 0.6 is 0 Å².